The summed E-state index contributed by atoms with van der Waals surface area (Å²) in [5.74, 6) is 1.60. The van der Waals surface area contributed by atoms with Crippen LogP contribution in [0.5, 0.6) is 5.75 Å². The molecule has 1 heterocycles. The van der Waals surface area contributed by atoms with Crippen molar-refractivity contribution in [1.29, 1.82) is 0 Å². The molecule has 0 atom stereocenters. The molecule has 5 aromatic rings. The van der Waals surface area contributed by atoms with Crippen LogP contribution in [-0.4, -0.2) is 22.4 Å². The molecule has 0 aliphatic heterocycles. The Hall–Kier alpha value is -4.51. The van der Waals surface area contributed by atoms with E-state index < -0.39 is 0 Å². The highest BCUT2D eigenvalue weighted by molar-refractivity contribution is 5.80. The van der Waals surface area contributed by atoms with Crippen molar-refractivity contribution in [1.82, 2.24) is 9.55 Å². The zero-order valence-corrected chi connectivity index (χ0v) is 21.7. The minimum atomic E-state index is -0.0579. The van der Waals surface area contributed by atoms with Crippen LogP contribution in [-0.2, 0) is 30.6 Å². The number of rotatable bonds is 9. The van der Waals surface area contributed by atoms with E-state index in [9.17, 15) is 9.59 Å². The van der Waals surface area contributed by atoms with Gasteiger partial charge < -0.3 is 4.74 Å². The lowest BCUT2D eigenvalue weighted by Crippen LogP contribution is -2.24. The molecule has 0 radical (unpaired) electrons. The topological polar surface area (TPSA) is 61.2 Å². The number of methoxy groups -OCH3 is 1. The molecule has 0 unspecified atom stereocenters. The summed E-state index contributed by atoms with van der Waals surface area (Å²) in [6, 6.07) is 31.7. The molecule has 38 heavy (non-hydrogen) atoms. The molecule has 5 nitrogen and oxygen atoms in total. The zero-order valence-electron chi connectivity index (χ0n) is 21.7. The van der Waals surface area contributed by atoms with Crippen LogP contribution in [0.1, 0.15) is 29.2 Å². The SMILES string of the molecule is COc1ccc(-c2nc3ccccc3c(=O)n2Cc2ccccc2)cc1CCc1ccc(CC(C)=O)cc1. The minimum Gasteiger partial charge on any atom is -0.496 e. The summed E-state index contributed by atoms with van der Waals surface area (Å²) in [6.07, 6.45) is 2.04. The Morgan fingerprint density at radius 2 is 1.53 bits per heavy atom. The van der Waals surface area contributed by atoms with Crippen molar-refractivity contribution in [2.75, 3.05) is 7.11 Å². The van der Waals surface area contributed by atoms with Gasteiger partial charge in [0.2, 0.25) is 0 Å². The maximum atomic E-state index is 13.6. The molecular weight excluding hydrogens is 472 g/mol. The number of nitrogens with zero attached hydrogens (tertiary/aromatic N) is 2. The lowest BCUT2D eigenvalue weighted by molar-refractivity contribution is -0.116. The molecule has 5 heteroatoms. The third kappa shape index (κ3) is 5.57. The molecule has 0 N–H and O–H groups in total. The van der Waals surface area contributed by atoms with Crippen LogP contribution in [0.2, 0.25) is 0 Å². The Bertz CT molecular complexity index is 1640. The molecule has 1 aromatic heterocycles. The summed E-state index contributed by atoms with van der Waals surface area (Å²) in [4.78, 5) is 30.0. The maximum absolute atomic E-state index is 13.6. The molecule has 5 rings (SSSR count). The fourth-order valence-electron chi connectivity index (χ4n) is 4.80. The summed E-state index contributed by atoms with van der Waals surface area (Å²) in [6.45, 7) is 2.04. The number of ether oxygens (including phenoxy) is 1. The molecule has 0 bridgehead atoms. The van der Waals surface area contributed by atoms with E-state index in [1.807, 2.05) is 78.9 Å². The largest absolute Gasteiger partial charge is 0.496 e. The van der Waals surface area contributed by atoms with Gasteiger partial charge in [0.25, 0.3) is 5.56 Å². The van der Waals surface area contributed by atoms with E-state index in [2.05, 4.69) is 18.2 Å². The summed E-state index contributed by atoms with van der Waals surface area (Å²) < 4.78 is 7.44. The van der Waals surface area contributed by atoms with Gasteiger partial charge in [-0.1, -0.05) is 66.7 Å². The van der Waals surface area contributed by atoms with Gasteiger partial charge >= 0.3 is 0 Å². The number of carbonyl (C=O) groups is 1. The average Bonchev–Trinajstić information content (AvgIpc) is 2.94. The first-order valence-electron chi connectivity index (χ1n) is 12.8. The quantitative estimate of drug-likeness (QED) is 0.247. The number of hydrogen-bond donors (Lipinski definition) is 0. The third-order valence-electron chi connectivity index (χ3n) is 6.74. The van der Waals surface area contributed by atoms with E-state index in [-0.39, 0.29) is 11.3 Å². The van der Waals surface area contributed by atoms with Crippen LogP contribution in [0.15, 0.2) is 102 Å². The van der Waals surface area contributed by atoms with Crippen molar-refractivity contribution in [2.45, 2.75) is 32.7 Å². The number of hydrogen-bond acceptors (Lipinski definition) is 4. The Morgan fingerprint density at radius 3 is 2.26 bits per heavy atom. The number of Topliss-reactive ketones (excluding diaryl/α,β-unsaturated/α-hetero) is 1. The van der Waals surface area contributed by atoms with Gasteiger partial charge in [-0.15, -0.1) is 0 Å². The lowest BCUT2D eigenvalue weighted by atomic mass is 9.99. The first kappa shape index (κ1) is 25.2. The Morgan fingerprint density at radius 1 is 0.816 bits per heavy atom. The van der Waals surface area contributed by atoms with Crippen molar-refractivity contribution < 1.29 is 9.53 Å². The van der Waals surface area contributed by atoms with Crippen LogP contribution in [0.4, 0.5) is 0 Å². The van der Waals surface area contributed by atoms with Gasteiger partial charge in [-0.05, 0) is 72.4 Å². The highest BCUT2D eigenvalue weighted by atomic mass is 16.5. The van der Waals surface area contributed by atoms with E-state index in [1.54, 1.807) is 18.6 Å². The number of para-hydroxylation sites is 1. The van der Waals surface area contributed by atoms with Crippen LogP contribution < -0.4 is 10.3 Å². The zero-order chi connectivity index (χ0) is 26.5. The Balaban J connectivity index is 1.51. The van der Waals surface area contributed by atoms with Crippen molar-refractivity contribution in [3.8, 4) is 17.1 Å². The summed E-state index contributed by atoms with van der Waals surface area (Å²) in [5, 5.41) is 0.606. The normalized spacial score (nSPS) is 11.0. The van der Waals surface area contributed by atoms with Crippen LogP contribution in [0.25, 0.3) is 22.3 Å². The van der Waals surface area contributed by atoms with Crippen molar-refractivity contribution in [3.05, 3.63) is 130 Å². The monoisotopic (exact) mass is 502 g/mol. The van der Waals surface area contributed by atoms with Gasteiger partial charge in [-0.25, -0.2) is 4.98 Å². The number of carbonyl (C=O) groups excluding carboxylic acids is 1. The van der Waals surface area contributed by atoms with Gasteiger partial charge in [-0.3, -0.25) is 14.2 Å². The van der Waals surface area contributed by atoms with E-state index in [4.69, 9.17) is 9.72 Å². The number of benzene rings is 4. The minimum absolute atomic E-state index is 0.0579. The second kappa shape index (κ2) is 11.3. The molecular formula is C33H30N2O3. The molecule has 0 fully saturated rings. The van der Waals surface area contributed by atoms with E-state index in [1.165, 1.54) is 5.56 Å². The van der Waals surface area contributed by atoms with Gasteiger partial charge in [0.05, 0.1) is 24.6 Å². The van der Waals surface area contributed by atoms with Crippen LogP contribution in [0, 0.1) is 0 Å². The van der Waals surface area contributed by atoms with Gasteiger partial charge in [-0.2, -0.15) is 0 Å². The molecule has 0 amide bonds. The molecule has 0 saturated carbocycles. The van der Waals surface area contributed by atoms with Crippen LogP contribution in [0.3, 0.4) is 0 Å². The van der Waals surface area contributed by atoms with Crippen molar-refractivity contribution in [2.24, 2.45) is 0 Å². The fourth-order valence-corrected chi connectivity index (χ4v) is 4.80. The van der Waals surface area contributed by atoms with Gasteiger partial charge in [0.15, 0.2) is 0 Å². The van der Waals surface area contributed by atoms with Crippen molar-refractivity contribution >= 4 is 16.7 Å². The van der Waals surface area contributed by atoms with E-state index in [0.717, 1.165) is 40.8 Å². The summed E-state index contributed by atoms with van der Waals surface area (Å²) in [7, 11) is 1.68. The van der Waals surface area contributed by atoms with E-state index in [0.29, 0.717) is 29.7 Å². The number of aryl methyl sites for hydroxylation is 2. The first-order valence-corrected chi connectivity index (χ1v) is 12.8. The smallest absolute Gasteiger partial charge is 0.261 e. The highest BCUT2D eigenvalue weighted by Gasteiger charge is 2.15. The van der Waals surface area contributed by atoms with Crippen molar-refractivity contribution in [3.63, 3.8) is 0 Å². The summed E-state index contributed by atoms with van der Waals surface area (Å²) in [5.41, 5.74) is 5.80. The number of ketones is 1. The molecule has 0 aliphatic carbocycles. The predicted octanol–water partition coefficient (Wildman–Crippen LogP) is 6.04. The third-order valence-corrected chi connectivity index (χ3v) is 6.74. The van der Waals surface area contributed by atoms with E-state index >= 15 is 0 Å². The maximum Gasteiger partial charge on any atom is 0.261 e. The molecule has 0 aliphatic rings. The predicted molar refractivity (Wildman–Crippen MR) is 152 cm³/mol. The standard InChI is InChI=1S/C33H30N2O3/c1-23(36)20-25-14-12-24(13-15-25)16-17-27-21-28(18-19-31(27)38-2)32-34-30-11-7-6-10-29(30)33(37)35(32)22-26-8-4-3-5-9-26/h3-15,18-19,21H,16-17,20,22H2,1-2H3. The second-order valence-electron chi connectivity index (χ2n) is 9.55. The molecule has 0 saturated heterocycles. The first-order chi connectivity index (χ1) is 18.5. The fraction of sp³-hybridized carbons (Fsp3) is 0.182. The average molecular weight is 503 g/mol. The summed E-state index contributed by atoms with van der Waals surface area (Å²) >= 11 is 0. The molecule has 4 aromatic carbocycles. The second-order valence-corrected chi connectivity index (χ2v) is 9.55. The van der Waals surface area contributed by atoms with Gasteiger partial charge in [0, 0.05) is 12.0 Å². The molecule has 190 valence electrons. The number of aromatic nitrogens is 2. The Kier molecular flexibility index (Phi) is 7.45. The van der Waals surface area contributed by atoms with Gasteiger partial charge in [0.1, 0.15) is 17.4 Å². The number of fused-ring (bicyclic) bond motifs is 1. The molecule has 0 spiro atoms. The Labute approximate surface area is 222 Å². The highest BCUT2D eigenvalue weighted by Crippen LogP contribution is 2.28. The van der Waals surface area contributed by atoms with Crippen LogP contribution >= 0.6 is 0 Å². The lowest BCUT2D eigenvalue weighted by Gasteiger charge is -2.16.